The zero-order chi connectivity index (χ0) is 20.5. The maximum absolute atomic E-state index is 12.4. The Morgan fingerprint density at radius 3 is 2.57 bits per heavy atom. The standard InChI is InChI=1S/C22H25IN2O3/c1-22(2,3)15-7-5-14(6-8-15)16-11-17(16)21(27)25-24-12-13-9-18(23)20(26)19(10-13)28-4/h5-10,12,16-17,26H,11H2,1-4H3,(H,25,27)/b24-12+/t16-,17+/m1/s1. The topological polar surface area (TPSA) is 70.9 Å². The molecule has 2 aromatic rings. The minimum Gasteiger partial charge on any atom is -0.504 e. The number of methoxy groups -OCH3 is 1. The van der Waals surface area contributed by atoms with Crippen LogP contribution in [0.25, 0.3) is 0 Å². The second kappa shape index (κ2) is 8.11. The summed E-state index contributed by atoms with van der Waals surface area (Å²) in [7, 11) is 1.50. The first-order valence-electron chi connectivity index (χ1n) is 9.20. The number of hydrogen-bond acceptors (Lipinski definition) is 4. The van der Waals surface area contributed by atoms with Gasteiger partial charge in [-0.05, 0) is 69.2 Å². The van der Waals surface area contributed by atoms with E-state index in [9.17, 15) is 9.90 Å². The van der Waals surface area contributed by atoms with Crippen LogP contribution in [0.2, 0.25) is 0 Å². The first kappa shape index (κ1) is 20.6. The van der Waals surface area contributed by atoms with Gasteiger partial charge in [0.25, 0.3) is 0 Å². The van der Waals surface area contributed by atoms with Crippen molar-refractivity contribution < 1.29 is 14.6 Å². The predicted octanol–water partition coefficient (Wildman–Crippen LogP) is 4.56. The Hall–Kier alpha value is -2.09. The summed E-state index contributed by atoms with van der Waals surface area (Å²) in [4.78, 5) is 12.4. The second-order valence-corrected chi connectivity index (χ2v) is 9.27. The molecule has 2 aromatic carbocycles. The van der Waals surface area contributed by atoms with E-state index in [1.807, 2.05) is 22.6 Å². The summed E-state index contributed by atoms with van der Waals surface area (Å²) in [5.74, 6) is 0.635. The van der Waals surface area contributed by atoms with E-state index in [1.165, 1.54) is 18.2 Å². The Kier molecular flexibility index (Phi) is 5.98. The van der Waals surface area contributed by atoms with Crippen LogP contribution in [0.15, 0.2) is 41.5 Å². The molecule has 3 rings (SSSR count). The zero-order valence-corrected chi connectivity index (χ0v) is 18.6. The molecule has 0 saturated heterocycles. The highest BCUT2D eigenvalue weighted by molar-refractivity contribution is 14.1. The van der Waals surface area contributed by atoms with Gasteiger partial charge in [0.2, 0.25) is 5.91 Å². The van der Waals surface area contributed by atoms with Crippen molar-refractivity contribution in [2.75, 3.05) is 7.11 Å². The maximum Gasteiger partial charge on any atom is 0.243 e. The van der Waals surface area contributed by atoms with Gasteiger partial charge in [0, 0.05) is 5.92 Å². The highest BCUT2D eigenvalue weighted by Crippen LogP contribution is 2.47. The lowest BCUT2D eigenvalue weighted by atomic mass is 9.86. The summed E-state index contributed by atoms with van der Waals surface area (Å²) in [5, 5.41) is 13.9. The largest absolute Gasteiger partial charge is 0.504 e. The Morgan fingerprint density at radius 1 is 1.29 bits per heavy atom. The summed E-state index contributed by atoms with van der Waals surface area (Å²) in [6.45, 7) is 6.58. The Labute approximate surface area is 179 Å². The van der Waals surface area contributed by atoms with E-state index in [1.54, 1.807) is 18.3 Å². The molecule has 2 atom stereocenters. The van der Waals surface area contributed by atoms with Crippen molar-refractivity contribution >= 4 is 34.7 Å². The van der Waals surface area contributed by atoms with Gasteiger partial charge < -0.3 is 9.84 Å². The minimum absolute atomic E-state index is 0.0351. The first-order chi connectivity index (χ1) is 13.2. The number of nitrogens with zero attached hydrogens (tertiary/aromatic N) is 1. The number of amides is 1. The van der Waals surface area contributed by atoms with E-state index in [2.05, 4.69) is 55.6 Å². The molecule has 148 valence electrons. The zero-order valence-electron chi connectivity index (χ0n) is 16.5. The quantitative estimate of drug-likeness (QED) is 0.366. The van der Waals surface area contributed by atoms with Gasteiger partial charge in [-0.15, -0.1) is 0 Å². The van der Waals surface area contributed by atoms with Crippen LogP contribution in [-0.4, -0.2) is 24.3 Å². The van der Waals surface area contributed by atoms with Crippen LogP contribution in [0.1, 0.15) is 49.8 Å². The number of benzene rings is 2. The van der Waals surface area contributed by atoms with Gasteiger partial charge >= 0.3 is 0 Å². The minimum atomic E-state index is -0.0680. The van der Waals surface area contributed by atoms with Gasteiger partial charge in [0.05, 0.1) is 16.9 Å². The number of phenols is 1. The molecule has 2 N–H and O–H groups in total. The predicted molar refractivity (Wildman–Crippen MR) is 119 cm³/mol. The third kappa shape index (κ3) is 4.66. The van der Waals surface area contributed by atoms with Crippen LogP contribution in [0.4, 0.5) is 0 Å². The number of carbonyl (C=O) groups excluding carboxylic acids is 1. The first-order valence-corrected chi connectivity index (χ1v) is 10.3. The smallest absolute Gasteiger partial charge is 0.243 e. The number of nitrogens with one attached hydrogen (secondary N) is 1. The van der Waals surface area contributed by atoms with E-state index in [-0.39, 0.29) is 28.9 Å². The lowest BCUT2D eigenvalue weighted by Crippen LogP contribution is -2.20. The van der Waals surface area contributed by atoms with E-state index < -0.39 is 0 Å². The maximum atomic E-state index is 12.4. The molecule has 0 spiro atoms. The molecule has 28 heavy (non-hydrogen) atoms. The van der Waals surface area contributed by atoms with Crippen molar-refractivity contribution in [2.45, 2.75) is 38.5 Å². The average molecular weight is 492 g/mol. The third-order valence-electron chi connectivity index (χ3n) is 4.99. The number of rotatable bonds is 5. The summed E-state index contributed by atoms with van der Waals surface area (Å²) < 4.78 is 5.79. The third-order valence-corrected chi connectivity index (χ3v) is 5.81. The molecular weight excluding hydrogens is 467 g/mol. The molecule has 5 nitrogen and oxygen atoms in total. The van der Waals surface area contributed by atoms with E-state index >= 15 is 0 Å². The van der Waals surface area contributed by atoms with E-state index in [0.29, 0.717) is 9.32 Å². The lowest BCUT2D eigenvalue weighted by Gasteiger charge is -2.19. The van der Waals surface area contributed by atoms with Crippen molar-refractivity contribution in [1.82, 2.24) is 5.43 Å². The van der Waals surface area contributed by atoms with Crippen LogP contribution in [0.5, 0.6) is 11.5 Å². The molecule has 0 unspecified atom stereocenters. The fraction of sp³-hybridized carbons (Fsp3) is 0.364. The Balaban J connectivity index is 1.58. The van der Waals surface area contributed by atoms with E-state index in [0.717, 1.165) is 12.0 Å². The summed E-state index contributed by atoms with van der Waals surface area (Å²) in [6, 6.07) is 12.0. The van der Waals surface area contributed by atoms with Gasteiger partial charge in [-0.1, -0.05) is 45.0 Å². The van der Waals surface area contributed by atoms with Crippen molar-refractivity contribution in [3.63, 3.8) is 0 Å². The van der Waals surface area contributed by atoms with Gasteiger partial charge in [-0.2, -0.15) is 5.10 Å². The second-order valence-electron chi connectivity index (χ2n) is 8.11. The molecule has 1 fully saturated rings. The fourth-order valence-electron chi connectivity index (χ4n) is 3.16. The molecule has 0 heterocycles. The van der Waals surface area contributed by atoms with Gasteiger partial charge in [0.1, 0.15) is 0 Å². The van der Waals surface area contributed by atoms with Crippen LogP contribution in [-0.2, 0) is 10.2 Å². The number of ether oxygens (including phenoxy) is 1. The monoisotopic (exact) mass is 492 g/mol. The van der Waals surface area contributed by atoms with Gasteiger partial charge in [-0.25, -0.2) is 5.43 Å². The molecule has 1 amide bonds. The van der Waals surface area contributed by atoms with Crippen molar-refractivity contribution in [3.05, 3.63) is 56.7 Å². The molecule has 1 saturated carbocycles. The fourth-order valence-corrected chi connectivity index (χ4v) is 3.79. The number of carbonyl (C=O) groups is 1. The molecule has 1 aliphatic rings. The Bertz CT molecular complexity index is 901. The lowest BCUT2D eigenvalue weighted by molar-refractivity contribution is -0.122. The van der Waals surface area contributed by atoms with E-state index in [4.69, 9.17) is 4.74 Å². The molecular formula is C22H25IN2O3. The number of phenolic OH excluding ortho intramolecular Hbond substituents is 1. The molecule has 0 aliphatic heterocycles. The van der Waals surface area contributed by atoms with Crippen molar-refractivity contribution in [1.29, 1.82) is 0 Å². The highest BCUT2D eigenvalue weighted by atomic mass is 127. The van der Waals surface area contributed by atoms with Crippen LogP contribution in [0.3, 0.4) is 0 Å². The summed E-state index contributed by atoms with van der Waals surface area (Å²) in [5.41, 5.74) is 5.99. The molecule has 0 radical (unpaired) electrons. The van der Waals surface area contributed by atoms with Crippen LogP contribution >= 0.6 is 22.6 Å². The van der Waals surface area contributed by atoms with Crippen LogP contribution in [0, 0.1) is 9.49 Å². The Morgan fingerprint density at radius 2 is 1.96 bits per heavy atom. The van der Waals surface area contributed by atoms with Crippen molar-refractivity contribution in [2.24, 2.45) is 11.0 Å². The average Bonchev–Trinajstić information content (AvgIpc) is 3.44. The number of hydrazone groups is 1. The molecule has 6 heteroatoms. The number of aromatic hydroxyl groups is 1. The highest BCUT2D eigenvalue weighted by Gasteiger charge is 2.44. The van der Waals surface area contributed by atoms with Crippen molar-refractivity contribution in [3.8, 4) is 11.5 Å². The number of halogens is 1. The molecule has 1 aliphatic carbocycles. The number of hydrogen-bond donors (Lipinski definition) is 2. The SMILES string of the molecule is COc1cc(/C=N/NC(=O)[C@H]2C[C@@H]2c2ccc(C(C)(C)C)cc2)cc(I)c1O. The molecule has 0 aromatic heterocycles. The van der Waals surface area contributed by atoms with Crippen LogP contribution < -0.4 is 10.2 Å². The molecule has 0 bridgehead atoms. The van der Waals surface area contributed by atoms with Gasteiger partial charge in [0.15, 0.2) is 11.5 Å². The summed E-state index contributed by atoms with van der Waals surface area (Å²) in [6.07, 6.45) is 2.40. The van der Waals surface area contributed by atoms with Gasteiger partial charge in [-0.3, -0.25) is 4.79 Å². The summed E-state index contributed by atoms with van der Waals surface area (Å²) >= 11 is 2.02. The normalized spacial score (nSPS) is 18.9.